The highest BCUT2D eigenvalue weighted by Gasteiger charge is 2.33. The fourth-order valence-corrected chi connectivity index (χ4v) is 3.18. The molecule has 0 radical (unpaired) electrons. The fraction of sp³-hybridized carbons (Fsp3) is 0.130. The minimum Gasteiger partial charge on any atom is -0.489 e. The number of aromatic nitrogens is 2. The van der Waals surface area contributed by atoms with Gasteiger partial charge in [-0.3, -0.25) is 10.4 Å². The highest BCUT2D eigenvalue weighted by molar-refractivity contribution is 6.04. The summed E-state index contributed by atoms with van der Waals surface area (Å²) < 4.78 is 58.4. The molecule has 0 atom stereocenters. The number of carbonyl (C=O) groups is 1. The van der Waals surface area contributed by atoms with Gasteiger partial charge in [-0.2, -0.15) is 18.3 Å². The highest BCUT2D eigenvalue weighted by atomic mass is 19.4. The van der Waals surface area contributed by atoms with Crippen LogP contribution >= 0.6 is 0 Å². The van der Waals surface area contributed by atoms with E-state index < -0.39 is 30.2 Å². The summed E-state index contributed by atoms with van der Waals surface area (Å²) in [5, 5.41) is 12.6. The molecule has 0 bridgehead atoms. The predicted octanol–water partition coefficient (Wildman–Crippen LogP) is 6.25. The fourth-order valence-electron chi connectivity index (χ4n) is 3.18. The van der Waals surface area contributed by atoms with Gasteiger partial charge in [0.05, 0.1) is 11.1 Å². The summed E-state index contributed by atoms with van der Waals surface area (Å²) in [5.74, 6) is -0.508. The van der Waals surface area contributed by atoms with Gasteiger partial charge >= 0.3 is 12.2 Å². The summed E-state index contributed by atoms with van der Waals surface area (Å²) >= 11 is 0. The van der Waals surface area contributed by atoms with Crippen molar-refractivity contribution in [3.8, 4) is 5.75 Å². The molecule has 0 aliphatic heterocycles. The molecule has 1 heterocycles. The van der Waals surface area contributed by atoms with Crippen molar-refractivity contribution in [3.63, 3.8) is 0 Å². The number of halogens is 4. The molecule has 0 aliphatic rings. The molecule has 0 spiro atoms. The molecule has 4 rings (SSSR count). The normalized spacial score (nSPS) is 11.4. The Balaban J connectivity index is 1.49. The van der Waals surface area contributed by atoms with Crippen LogP contribution in [0.5, 0.6) is 5.75 Å². The van der Waals surface area contributed by atoms with Crippen LogP contribution in [0.1, 0.15) is 16.7 Å². The van der Waals surface area contributed by atoms with E-state index in [9.17, 15) is 22.4 Å². The Labute approximate surface area is 185 Å². The number of carbonyl (C=O) groups excluding carboxylic acids is 1. The monoisotopic (exact) mass is 458 g/mol. The van der Waals surface area contributed by atoms with Crippen LogP contribution in [0.4, 0.5) is 33.9 Å². The molecule has 0 aliphatic carbocycles. The van der Waals surface area contributed by atoms with Gasteiger partial charge in [0.25, 0.3) is 0 Å². The highest BCUT2D eigenvalue weighted by Crippen LogP contribution is 2.33. The first-order chi connectivity index (χ1) is 15.7. The number of nitrogens with zero attached hydrogens (tertiary/aromatic N) is 1. The molecule has 3 N–H and O–H groups in total. The van der Waals surface area contributed by atoms with Crippen LogP contribution in [0.25, 0.3) is 10.9 Å². The molecule has 3 aromatic carbocycles. The van der Waals surface area contributed by atoms with Crippen molar-refractivity contribution in [1.29, 1.82) is 0 Å². The second kappa shape index (κ2) is 8.81. The van der Waals surface area contributed by atoms with E-state index in [0.29, 0.717) is 22.7 Å². The number of amides is 2. The van der Waals surface area contributed by atoms with Gasteiger partial charge in [0.15, 0.2) is 5.82 Å². The summed E-state index contributed by atoms with van der Waals surface area (Å²) in [4.78, 5) is 12.3. The Hall–Kier alpha value is -4.08. The number of fused-ring (bicyclic) bond motifs is 1. The van der Waals surface area contributed by atoms with Crippen molar-refractivity contribution in [2.45, 2.75) is 19.7 Å². The maximum Gasteiger partial charge on any atom is 0.416 e. The summed E-state index contributed by atoms with van der Waals surface area (Å²) in [6.45, 7) is 1.51. The molecular weight excluding hydrogens is 440 g/mol. The second-order valence-corrected chi connectivity index (χ2v) is 7.31. The number of urea groups is 1. The SMILES string of the molecule is Cc1ccc(NC(=O)Nc2n[nH]c3ccc(OCc4ccc(F)cc4C(F)(F)F)cc23)cc1. The van der Waals surface area contributed by atoms with Gasteiger partial charge in [0.1, 0.15) is 18.2 Å². The van der Waals surface area contributed by atoms with E-state index in [-0.39, 0.29) is 17.1 Å². The second-order valence-electron chi connectivity index (χ2n) is 7.31. The Morgan fingerprint density at radius 2 is 1.79 bits per heavy atom. The Morgan fingerprint density at radius 3 is 2.52 bits per heavy atom. The van der Waals surface area contributed by atoms with Crippen LogP contribution < -0.4 is 15.4 Å². The van der Waals surface area contributed by atoms with E-state index in [1.165, 1.54) is 6.07 Å². The minimum absolute atomic E-state index is 0.202. The molecule has 0 unspecified atom stereocenters. The quantitative estimate of drug-likeness (QED) is 0.309. The summed E-state index contributed by atoms with van der Waals surface area (Å²) in [6.07, 6.45) is -4.71. The van der Waals surface area contributed by atoms with Crippen LogP contribution in [0.15, 0.2) is 60.7 Å². The third-order valence-electron chi connectivity index (χ3n) is 4.85. The summed E-state index contributed by atoms with van der Waals surface area (Å²) in [5.41, 5.74) is 0.941. The first-order valence-corrected chi connectivity index (χ1v) is 9.80. The molecule has 33 heavy (non-hydrogen) atoms. The number of H-pyrrole nitrogens is 1. The number of alkyl halides is 3. The lowest BCUT2D eigenvalue weighted by atomic mass is 10.1. The molecule has 10 heteroatoms. The van der Waals surface area contributed by atoms with E-state index in [2.05, 4.69) is 20.8 Å². The molecular formula is C23H18F4N4O2. The van der Waals surface area contributed by atoms with E-state index in [4.69, 9.17) is 4.74 Å². The van der Waals surface area contributed by atoms with Gasteiger partial charge in [-0.05, 0) is 49.4 Å². The summed E-state index contributed by atoms with van der Waals surface area (Å²) in [7, 11) is 0. The van der Waals surface area contributed by atoms with Gasteiger partial charge in [-0.25, -0.2) is 9.18 Å². The maximum absolute atomic E-state index is 13.3. The van der Waals surface area contributed by atoms with Gasteiger partial charge < -0.3 is 10.1 Å². The zero-order valence-corrected chi connectivity index (χ0v) is 17.3. The molecule has 0 saturated carbocycles. The topological polar surface area (TPSA) is 79.0 Å². The Bertz CT molecular complexity index is 1300. The van der Waals surface area contributed by atoms with Gasteiger partial charge in [-0.1, -0.05) is 23.8 Å². The van der Waals surface area contributed by atoms with E-state index in [1.54, 1.807) is 24.3 Å². The van der Waals surface area contributed by atoms with Crippen molar-refractivity contribution in [1.82, 2.24) is 10.2 Å². The summed E-state index contributed by atoms with van der Waals surface area (Å²) in [6, 6.07) is 13.8. The van der Waals surface area contributed by atoms with E-state index in [1.807, 2.05) is 19.1 Å². The first-order valence-electron chi connectivity index (χ1n) is 9.80. The lowest BCUT2D eigenvalue weighted by molar-refractivity contribution is -0.138. The number of nitrogens with one attached hydrogen (secondary N) is 3. The van der Waals surface area contributed by atoms with Crippen LogP contribution in [0, 0.1) is 12.7 Å². The number of hydrogen-bond donors (Lipinski definition) is 3. The van der Waals surface area contributed by atoms with Crippen molar-refractivity contribution < 1.29 is 27.1 Å². The Morgan fingerprint density at radius 1 is 1.03 bits per heavy atom. The van der Waals surface area contributed by atoms with Crippen molar-refractivity contribution in [3.05, 3.63) is 83.2 Å². The maximum atomic E-state index is 13.3. The van der Waals surface area contributed by atoms with Gasteiger partial charge in [-0.15, -0.1) is 0 Å². The lowest BCUT2D eigenvalue weighted by Crippen LogP contribution is -2.19. The molecule has 1 aromatic heterocycles. The number of anilines is 2. The van der Waals surface area contributed by atoms with Crippen LogP contribution in [0.3, 0.4) is 0 Å². The van der Waals surface area contributed by atoms with Crippen LogP contribution in [-0.2, 0) is 12.8 Å². The molecule has 170 valence electrons. The molecule has 0 saturated heterocycles. The molecule has 2 amide bonds. The number of aryl methyl sites for hydroxylation is 1. The number of benzene rings is 3. The standard InChI is InChI=1S/C23H18F4N4O2/c1-13-2-6-16(7-3-13)28-22(32)29-21-18-11-17(8-9-20(18)30-31-21)33-12-14-4-5-15(24)10-19(14)23(25,26)27/h2-11H,12H2,1H3,(H3,28,29,30,31,32). The third-order valence-corrected chi connectivity index (χ3v) is 4.85. The van der Waals surface area contributed by atoms with Crippen molar-refractivity contribution >= 4 is 28.4 Å². The smallest absolute Gasteiger partial charge is 0.416 e. The number of hydrogen-bond acceptors (Lipinski definition) is 3. The minimum atomic E-state index is -4.71. The van der Waals surface area contributed by atoms with Crippen molar-refractivity contribution in [2.24, 2.45) is 0 Å². The average Bonchev–Trinajstić information content (AvgIpc) is 3.15. The van der Waals surface area contributed by atoms with Gasteiger partial charge in [0.2, 0.25) is 0 Å². The Kier molecular flexibility index (Phi) is 5.91. The van der Waals surface area contributed by atoms with E-state index in [0.717, 1.165) is 17.7 Å². The molecule has 6 nitrogen and oxygen atoms in total. The van der Waals surface area contributed by atoms with Crippen LogP contribution in [0.2, 0.25) is 0 Å². The number of aromatic amines is 1. The van der Waals surface area contributed by atoms with E-state index >= 15 is 0 Å². The number of rotatable bonds is 5. The van der Waals surface area contributed by atoms with Crippen molar-refractivity contribution in [2.75, 3.05) is 10.6 Å². The zero-order chi connectivity index (χ0) is 23.6. The molecule has 0 fully saturated rings. The first kappa shape index (κ1) is 22.1. The lowest BCUT2D eigenvalue weighted by Gasteiger charge is -2.14. The average molecular weight is 458 g/mol. The zero-order valence-electron chi connectivity index (χ0n) is 17.3. The predicted molar refractivity (Wildman–Crippen MR) is 116 cm³/mol. The van der Waals surface area contributed by atoms with Crippen LogP contribution in [-0.4, -0.2) is 16.2 Å². The number of ether oxygens (including phenoxy) is 1. The van der Waals surface area contributed by atoms with Gasteiger partial charge in [0, 0.05) is 16.6 Å². The largest absolute Gasteiger partial charge is 0.489 e. The molecule has 4 aromatic rings. The third kappa shape index (κ3) is 5.22.